The van der Waals surface area contributed by atoms with Gasteiger partial charge in [0.2, 0.25) is 0 Å². The Balaban J connectivity index is 0. The van der Waals surface area contributed by atoms with E-state index in [9.17, 15) is 9.59 Å². The molecule has 0 bridgehead atoms. The maximum absolute atomic E-state index is 11.8. The van der Waals surface area contributed by atoms with Gasteiger partial charge < -0.3 is 9.47 Å². The average Bonchev–Trinajstić information content (AvgIpc) is 3.17. The lowest BCUT2D eigenvalue weighted by molar-refractivity contribution is -0.144. The highest BCUT2D eigenvalue weighted by Crippen LogP contribution is 2.16. The van der Waals surface area contributed by atoms with Gasteiger partial charge in [-0.15, -0.1) is 0 Å². The first-order valence-corrected chi connectivity index (χ1v) is 24.9. The molecule has 0 spiro atoms. The van der Waals surface area contributed by atoms with Crippen LogP contribution in [0.5, 0.6) is 0 Å². The van der Waals surface area contributed by atoms with Gasteiger partial charge in [-0.2, -0.15) is 0 Å². The van der Waals surface area contributed by atoms with Crippen molar-refractivity contribution in [3.05, 3.63) is 0 Å². The fourth-order valence-electron chi connectivity index (χ4n) is 7.18. The van der Waals surface area contributed by atoms with E-state index in [4.69, 9.17) is 9.47 Å². The van der Waals surface area contributed by atoms with Gasteiger partial charge >= 0.3 is 11.9 Å². The van der Waals surface area contributed by atoms with Crippen LogP contribution < -0.4 is 0 Å². The Morgan fingerprint density at radius 1 is 0.241 bits per heavy atom. The molecule has 0 radical (unpaired) electrons. The van der Waals surface area contributed by atoms with Crippen LogP contribution in [0.25, 0.3) is 0 Å². The maximum atomic E-state index is 11.8. The lowest BCUT2D eigenvalue weighted by Crippen LogP contribution is -2.05. The standard InChI is InChI=1S/C28H56O2.C22H44O2/c1-3-5-7-9-11-13-14-15-16-17-18-19-20-22-24-26-28(29)30-27-25-23-21-12-10-8-6-4-2;1-3-5-7-8-9-10-11-12-13-14-15-16-17-18-19-20-22(23)24-21-6-4-2/h3-27H2,1-2H3;3-21H2,1-2H3. The number of esters is 2. The highest BCUT2D eigenvalue weighted by Gasteiger charge is 2.04. The first-order chi connectivity index (χ1) is 26.6. The smallest absolute Gasteiger partial charge is 0.305 e. The summed E-state index contributed by atoms with van der Waals surface area (Å²) in [5.74, 6) is 0.0192. The normalized spacial score (nSPS) is 11.0. The zero-order chi connectivity index (χ0) is 39.7. The molecule has 4 heteroatoms. The van der Waals surface area contributed by atoms with Crippen molar-refractivity contribution in [3.8, 4) is 0 Å². The summed E-state index contributed by atoms with van der Waals surface area (Å²) in [7, 11) is 0. The molecule has 0 amide bonds. The third kappa shape index (κ3) is 53.0. The molecule has 0 rings (SSSR count). The Bertz CT molecular complexity index is 692. The van der Waals surface area contributed by atoms with Crippen LogP contribution in [0.3, 0.4) is 0 Å². The summed E-state index contributed by atoms with van der Waals surface area (Å²) < 4.78 is 10.5. The van der Waals surface area contributed by atoms with Gasteiger partial charge in [-0.1, -0.05) is 259 Å². The molecule has 0 heterocycles. The lowest BCUT2D eigenvalue weighted by Gasteiger charge is -2.05. The van der Waals surface area contributed by atoms with Crippen LogP contribution >= 0.6 is 0 Å². The molecule has 0 fully saturated rings. The predicted molar refractivity (Wildman–Crippen MR) is 239 cm³/mol. The van der Waals surface area contributed by atoms with Gasteiger partial charge in [0, 0.05) is 12.8 Å². The molecule has 0 saturated carbocycles. The molecule has 0 aliphatic carbocycles. The van der Waals surface area contributed by atoms with Crippen LogP contribution in [0.15, 0.2) is 0 Å². The summed E-state index contributed by atoms with van der Waals surface area (Å²) >= 11 is 0. The summed E-state index contributed by atoms with van der Waals surface area (Å²) in [6, 6.07) is 0. The quantitative estimate of drug-likeness (QED) is 0.0458. The number of hydrogen-bond donors (Lipinski definition) is 0. The first kappa shape index (κ1) is 55.0. The molecular formula is C50H100O4. The molecule has 0 aromatic carbocycles. The van der Waals surface area contributed by atoms with E-state index in [-0.39, 0.29) is 11.9 Å². The van der Waals surface area contributed by atoms with Crippen molar-refractivity contribution < 1.29 is 19.1 Å². The third-order valence-electron chi connectivity index (χ3n) is 11.0. The van der Waals surface area contributed by atoms with Crippen molar-refractivity contribution in [1.29, 1.82) is 0 Å². The van der Waals surface area contributed by atoms with Gasteiger partial charge in [-0.3, -0.25) is 9.59 Å². The van der Waals surface area contributed by atoms with Crippen molar-refractivity contribution in [2.45, 2.75) is 297 Å². The molecule has 0 aliphatic heterocycles. The molecule has 0 aliphatic rings. The number of unbranched alkanes of at least 4 members (excludes halogenated alkanes) is 36. The van der Waals surface area contributed by atoms with E-state index in [2.05, 4.69) is 27.7 Å². The summed E-state index contributed by atoms with van der Waals surface area (Å²) in [4.78, 5) is 23.2. The van der Waals surface area contributed by atoms with Crippen LogP contribution in [0.4, 0.5) is 0 Å². The Morgan fingerprint density at radius 2 is 0.426 bits per heavy atom. The molecule has 0 atom stereocenters. The minimum absolute atomic E-state index is 0.00172. The van der Waals surface area contributed by atoms with Gasteiger partial charge in [0.25, 0.3) is 0 Å². The van der Waals surface area contributed by atoms with Crippen LogP contribution in [0.1, 0.15) is 297 Å². The molecule has 0 aromatic rings. The third-order valence-corrected chi connectivity index (χ3v) is 11.0. The van der Waals surface area contributed by atoms with E-state index in [1.807, 2.05) is 0 Å². The van der Waals surface area contributed by atoms with E-state index in [0.717, 1.165) is 32.1 Å². The monoisotopic (exact) mass is 765 g/mol. The SMILES string of the molecule is CCCCCCCCCCCCCCCCCC(=O)OCCCC.CCCCCCCCCCCCCCCCCC(=O)OCCCCCCCCCC. The highest BCUT2D eigenvalue weighted by molar-refractivity contribution is 5.69. The Morgan fingerprint density at radius 3 is 0.667 bits per heavy atom. The fourth-order valence-corrected chi connectivity index (χ4v) is 7.18. The summed E-state index contributed by atoms with van der Waals surface area (Å²) in [6.45, 7) is 10.2. The topological polar surface area (TPSA) is 52.6 Å². The molecule has 54 heavy (non-hydrogen) atoms. The molecule has 0 aromatic heterocycles. The van der Waals surface area contributed by atoms with E-state index in [1.165, 1.54) is 225 Å². The Kier molecular flexibility index (Phi) is 52.9. The first-order valence-electron chi connectivity index (χ1n) is 24.9. The molecule has 0 saturated heterocycles. The van der Waals surface area contributed by atoms with E-state index >= 15 is 0 Å². The molecule has 0 unspecified atom stereocenters. The average molecular weight is 765 g/mol. The minimum Gasteiger partial charge on any atom is -0.466 e. The zero-order valence-corrected chi connectivity index (χ0v) is 37.7. The molecule has 0 N–H and O–H groups in total. The van der Waals surface area contributed by atoms with Gasteiger partial charge in [-0.05, 0) is 25.7 Å². The second-order valence-electron chi connectivity index (χ2n) is 16.7. The van der Waals surface area contributed by atoms with Crippen LogP contribution in [-0.4, -0.2) is 25.2 Å². The zero-order valence-electron chi connectivity index (χ0n) is 37.7. The number of rotatable bonds is 44. The maximum Gasteiger partial charge on any atom is 0.305 e. The summed E-state index contributed by atoms with van der Waals surface area (Å²) in [5.41, 5.74) is 0. The number of hydrogen-bond acceptors (Lipinski definition) is 4. The largest absolute Gasteiger partial charge is 0.466 e. The fraction of sp³-hybridized carbons (Fsp3) is 0.960. The van der Waals surface area contributed by atoms with Crippen molar-refractivity contribution in [2.24, 2.45) is 0 Å². The van der Waals surface area contributed by atoms with Crippen molar-refractivity contribution >= 4 is 11.9 Å². The molecule has 324 valence electrons. The van der Waals surface area contributed by atoms with Gasteiger partial charge in [-0.25, -0.2) is 0 Å². The van der Waals surface area contributed by atoms with E-state index in [1.54, 1.807) is 0 Å². The van der Waals surface area contributed by atoms with Crippen molar-refractivity contribution in [2.75, 3.05) is 13.2 Å². The second-order valence-corrected chi connectivity index (χ2v) is 16.7. The highest BCUT2D eigenvalue weighted by atomic mass is 16.5. The van der Waals surface area contributed by atoms with E-state index < -0.39 is 0 Å². The lowest BCUT2D eigenvalue weighted by atomic mass is 10.0. The van der Waals surface area contributed by atoms with Crippen LogP contribution in [0, 0.1) is 0 Å². The summed E-state index contributed by atoms with van der Waals surface area (Å²) in [6.07, 6.45) is 54.4. The van der Waals surface area contributed by atoms with Crippen molar-refractivity contribution in [3.63, 3.8) is 0 Å². The van der Waals surface area contributed by atoms with E-state index in [0.29, 0.717) is 26.1 Å². The number of ether oxygens (including phenoxy) is 2. The summed E-state index contributed by atoms with van der Waals surface area (Å²) in [5, 5.41) is 0. The second kappa shape index (κ2) is 51.9. The number of carbonyl (C=O) groups excluding carboxylic acids is 2. The molecular weight excluding hydrogens is 665 g/mol. The van der Waals surface area contributed by atoms with Crippen molar-refractivity contribution in [1.82, 2.24) is 0 Å². The van der Waals surface area contributed by atoms with Crippen LogP contribution in [0.2, 0.25) is 0 Å². The Labute approximate surface area is 340 Å². The predicted octanol–water partition coefficient (Wildman–Crippen LogP) is 17.5. The molecule has 4 nitrogen and oxygen atoms in total. The van der Waals surface area contributed by atoms with Gasteiger partial charge in [0.15, 0.2) is 0 Å². The number of carbonyl (C=O) groups is 2. The Hall–Kier alpha value is -1.06. The minimum atomic E-state index is -0.00172. The van der Waals surface area contributed by atoms with Gasteiger partial charge in [0.05, 0.1) is 13.2 Å². The van der Waals surface area contributed by atoms with Crippen LogP contribution in [-0.2, 0) is 19.1 Å². The van der Waals surface area contributed by atoms with Gasteiger partial charge in [0.1, 0.15) is 0 Å².